The SMILES string of the molecule is CC1(C)CCC(N=O)c2[nH]c3ccc(C(=O)Nc4cccnc4)cc3c21. The molecule has 1 amide bonds. The maximum Gasteiger partial charge on any atom is 0.255 e. The number of amides is 1. The number of rotatable bonds is 3. The summed E-state index contributed by atoms with van der Waals surface area (Å²) in [5.74, 6) is -0.187. The zero-order valence-electron chi connectivity index (χ0n) is 14.7. The summed E-state index contributed by atoms with van der Waals surface area (Å²) >= 11 is 0. The number of aromatic amines is 1. The maximum absolute atomic E-state index is 12.6. The van der Waals surface area contributed by atoms with Crippen LogP contribution < -0.4 is 5.32 Å². The summed E-state index contributed by atoms with van der Waals surface area (Å²) in [5, 5.41) is 7.13. The van der Waals surface area contributed by atoms with Crippen molar-refractivity contribution in [1.29, 1.82) is 0 Å². The first-order valence-electron chi connectivity index (χ1n) is 8.69. The summed E-state index contributed by atoms with van der Waals surface area (Å²) in [4.78, 5) is 31.2. The molecule has 0 saturated heterocycles. The van der Waals surface area contributed by atoms with Crippen molar-refractivity contribution in [3.05, 3.63) is 64.5 Å². The van der Waals surface area contributed by atoms with Gasteiger partial charge in [0.15, 0.2) is 0 Å². The fourth-order valence-electron chi connectivity index (χ4n) is 3.85. The Morgan fingerprint density at radius 1 is 1.35 bits per heavy atom. The molecule has 1 atom stereocenters. The van der Waals surface area contributed by atoms with Crippen molar-refractivity contribution in [3.8, 4) is 0 Å². The third-order valence-corrected chi connectivity index (χ3v) is 5.19. The van der Waals surface area contributed by atoms with E-state index < -0.39 is 0 Å². The summed E-state index contributed by atoms with van der Waals surface area (Å²) in [5.41, 5.74) is 4.05. The summed E-state index contributed by atoms with van der Waals surface area (Å²) < 4.78 is 0. The monoisotopic (exact) mass is 348 g/mol. The van der Waals surface area contributed by atoms with Crippen molar-refractivity contribution in [2.75, 3.05) is 5.32 Å². The van der Waals surface area contributed by atoms with E-state index in [0.29, 0.717) is 11.3 Å². The van der Waals surface area contributed by atoms with Crippen LogP contribution in [0.5, 0.6) is 0 Å². The van der Waals surface area contributed by atoms with Gasteiger partial charge in [0.2, 0.25) is 0 Å². The molecule has 132 valence electrons. The second kappa shape index (κ2) is 6.05. The van der Waals surface area contributed by atoms with Crippen LogP contribution in [0, 0.1) is 4.91 Å². The van der Waals surface area contributed by atoms with Crippen molar-refractivity contribution in [1.82, 2.24) is 9.97 Å². The molecule has 0 aliphatic heterocycles. The molecule has 2 N–H and O–H groups in total. The molecule has 26 heavy (non-hydrogen) atoms. The predicted octanol–water partition coefficient (Wildman–Crippen LogP) is 4.69. The van der Waals surface area contributed by atoms with Crippen molar-refractivity contribution in [2.45, 2.75) is 38.1 Å². The second-order valence-corrected chi connectivity index (χ2v) is 7.41. The van der Waals surface area contributed by atoms with Crippen molar-refractivity contribution in [2.24, 2.45) is 5.18 Å². The molecule has 0 bridgehead atoms. The Bertz CT molecular complexity index is 992. The van der Waals surface area contributed by atoms with Crippen LogP contribution in [0.3, 0.4) is 0 Å². The molecule has 4 rings (SSSR count). The lowest BCUT2D eigenvalue weighted by Crippen LogP contribution is -2.25. The number of carbonyl (C=O) groups is 1. The summed E-state index contributed by atoms with van der Waals surface area (Å²) in [6, 6.07) is 8.79. The Hall–Kier alpha value is -3.02. The number of fused-ring (bicyclic) bond motifs is 3. The van der Waals surface area contributed by atoms with Crippen LogP contribution in [0.15, 0.2) is 47.9 Å². The quantitative estimate of drug-likeness (QED) is 0.673. The molecule has 0 fully saturated rings. The third-order valence-electron chi connectivity index (χ3n) is 5.19. The fourth-order valence-corrected chi connectivity index (χ4v) is 3.85. The lowest BCUT2D eigenvalue weighted by molar-refractivity contribution is 0.102. The van der Waals surface area contributed by atoms with E-state index in [-0.39, 0.29) is 17.4 Å². The first-order valence-corrected chi connectivity index (χ1v) is 8.69. The number of hydrogen-bond acceptors (Lipinski definition) is 4. The highest BCUT2D eigenvalue weighted by Crippen LogP contribution is 2.46. The van der Waals surface area contributed by atoms with Crippen LogP contribution >= 0.6 is 0 Å². The van der Waals surface area contributed by atoms with Crippen LogP contribution in [-0.2, 0) is 5.41 Å². The minimum Gasteiger partial charge on any atom is -0.356 e. The molecule has 0 spiro atoms. The lowest BCUT2D eigenvalue weighted by atomic mass is 9.72. The molecular weight excluding hydrogens is 328 g/mol. The molecule has 0 radical (unpaired) electrons. The number of benzene rings is 1. The van der Waals surface area contributed by atoms with Gasteiger partial charge in [0, 0.05) is 28.4 Å². The zero-order valence-corrected chi connectivity index (χ0v) is 14.7. The van der Waals surface area contributed by atoms with Crippen LogP contribution in [0.1, 0.15) is 54.3 Å². The van der Waals surface area contributed by atoms with Crippen molar-refractivity contribution < 1.29 is 4.79 Å². The largest absolute Gasteiger partial charge is 0.356 e. The van der Waals surface area contributed by atoms with Crippen LogP contribution in [-0.4, -0.2) is 15.9 Å². The van der Waals surface area contributed by atoms with E-state index in [0.717, 1.165) is 35.0 Å². The van der Waals surface area contributed by atoms with Gasteiger partial charge in [-0.3, -0.25) is 9.78 Å². The normalized spacial score (nSPS) is 18.3. The molecule has 0 saturated carbocycles. The van der Waals surface area contributed by atoms with Crippen molar-refractivity contribution >= 4 is 22.5 Å². The van der Waals surface area contributed by atoms with Crippen molar-refractivity contribution in [3.63, 3.8) is 0 Å². The highest BCUT2D eigenvalue weighted by molar-refractivity contribution is 6.06. The average Bonchev–Trinajstić information content (AvgIpc) is 3.02. The number of H-pyrrole nitrogens is 1. The molecule has 2 aromatic heterocycles. The highest BCUT2D eigenvalue weighted by Gasteiger charge is 2.36. The molecule has 3 aromatic rings. The Labute approximate surface area is 151 Å². The van der Waals surface area contributed by atoms with E-state index in [9.17, 15) is 9.70 Å². The molecule has 1 unspecified atom stereocenters. The Kier molecular flexibility index (Phi) is 3.83. The number of nitrogens with one attached hydrogen (secondary N) is 2. The standard InChI is InChI=1S/C20H20N4O2/c1-20(2)8-7-16(24-26)18-17(20)14-10-12(5-6-15(14)23-18)19(25)22-13-4-3-9-21-11-13/h3-6,9-11,16,23H,7-8H2,1-2H3,(H,22,25). The minimum absolute atomic E-state index is 0.0762. The smallest absolute Gasteiger partial charge is 0.255 e. The second-order valence-electron chi connectivity index (χ2n) is 7.41. The predicted molar refractivity (Wildman–Crippen MR) is 101 cm³/mol. The number of aromatic nitrogens is 2. The van der Waals surface area contributed by atoms with E-state index in [4.69, 9.17) is 0 Å². The van der Waals surface area contributed by atoms with Gasteiger partial charge in [-0.15, -0.1) is 0 Å². The topological polar surface area (TPSA) is 87.2 Å². The summed E-state index contributed by atoms with van der Waals surface area (Å²) in [6.07, 6.45) is 4.89. The maximum atomic E-state index is 12.6. The molecule has 2 heterocycles. The van der Waals surface area contributed by atoms with Gasteiger partial charge in [-0.1, -0.05) is 19.0 Å². The first-order chi connectivity index (χ1) is 12.5. The summed E-state index contributed by atoms with van der Waals surface area (Å²) in [6.45, 7) is 4.34. The number of carbonyl (C=O) groups excluding carboxylic acids is 1. The molecule has 1 aliphatic rings. The average molecular weight is 348 g/mol. The Morgan fingerprint density at radius 3 is 2.92 bits per heavy atom. The number of nitrogens with zero attached hydrogens (tertiary/aromatic N) is 2. The molecule has 6 nitrogen and oxygen atoms in total. The van der Waals surface area contributed by atoms with Gasteiger partial charge in [0.05, 0.1) is 11.9 Å². The van der Waals surface area contributed by atoms with Crippen LogP contribution in [0.2, 0.25) is 0 Å². The van der Waals surface area contributed by atoms with Gasteiger partial charge in [-0.25, -0.2) is 0 Å². The number of hydrogen-bond donors (Lipinski definition) is 2. The lowest BCUT2D eigenvalue weighted by Gasteiger charge is -2.32. The van der Waals surface area contributed by atoms with Gasteiger partial charge >= 0.3 is 0 Å². The Balaban J connectivity index is 1.78. The van der Waals surface area contributed by atoms with Gasteiger partial charge in [0.1, 0.15) is 6.04 Å². The van der Waals surface area contributed by atoms with E-state index in [1.54, 1.807) is 30.6 Å². The molecular formula is C20H20N4O2. The van der Waals surface area contributed by atoms with E-state index in [1.807, 2.05) is 12.1 Å². The molecule has 1 aromatic carbocycles. The highest BCUT2D eigenvalue weighted by atomic mass is 16.3. The van der Waals surface area contributed by atoms with Gasteiger partial charge in [-0.2, -0.15) is 4.91 Å². The number of anilines is 1. The molecule has 6 heteroatoms. The zero-order chi connectivity index (χ0) is 18.3. The summed E-state index contributed by atoms with van der Waals surface area (Å²) in [7, 11) is 0. The first kappa shape index (κ1) is 16.4. The number of nitroso groups, excluding NO2 is 1. The Morgan fingerprint density at radius 2 is 2.19 bits per heavy atom. The third kappa shape index (κ3) is 2.67. The van der Waals surface area contributed by atoms with Gasteiger partial charge in [-0.05, 0) is 54.2 Å². The molecule has 1 aliphatic carbocycles. The minimum atomic E-state index is -0.349. The van der Waals surface area contributed by atoms with E-state index >= 15 is 0 Å². The fraction of sp³-hybridized carbons (Fsp3) is 0.300. The van der Waals surface area contributed by atoms with Crippen LogP contribution in [0.25, 0.3) is 10.9 Å². The number of pyridine rings is 1. The van der Waals surface area contributed by atoms with Crippen LogP contribution in [0.4, 0.5) is 5.69 Å². The van der Waals surface area contributed by atoms with E-state index in [2.05, 4.69) is 34.3 Å². The van der Waals surface area contributed by atoms with Gasteiger partial charge < -0.3 is 10.3 Å². The van der Waals surface area contributed by atoms with Gasteiger partial charge in [0.25, 0.3) is 5.91 Å². The van der Waals surface area contributed by atoms with E-state index in [1.165, 1.54) is 0 Å².